The van der Waals surface area contributed by atoms with Gasteiger partial charge in [0.2, 0.25) is 0 Å². The van der Waals surface area contributed by atoms with E-state index in [1.54, 1.807) is 0 Å². The van der Waals surface area contributed by atoms with Crippen molar-refractivity contribution in [2.45, 2.75) is 18.4 Å². The van der Waals surface area contributed by atoms with E-state index in [0.717, 1.165) is 32.9 Å². The first-order valence-electron chi connectivity index (χ1n) is 11.2. The van der Waals surface area contributed by atoms with Crippen LogP contribution in [0.3, 0.4) is 0 Å². The van der Waals surface area contributed by atoms with Gasteiger partial charge in [0.1, 0.15) is 5.75 Å². The van der Waals surface area contributed by atoms with E-state index in [2.05, 4.69) is 63.7 Å². The molecule has 162 valence electrons. The minimum absolute atomic E-state index is 0.125. The molecule has 4 aromatic carbocycles. The lowest BCUT2D eigenvalue weighted by Gasteiger charge is -2.38. The first kappa shape index (κ1) is 20.3. The molecule has 4 heteroatoms. The number of hydrogen-bond acceptors (Lipinski definition) is 3. The third-order valence-corrected chi connectivity index (χ3v) is 7.31. The summed E-state index contributed by atoms with van der Waals surface area (Å²) < 4.78 is 6.90. The molecule has 0 amide bonds. The van der Waals surface area contributed by atoms with Crippen LogP contribution in [0.25, 0.3) is 10.8 Å². The molecule has 0 spiro atoms. The first-order valence-corrected chi connectivity index (χ1v) is 12.0. The van der Waals surface area contributed by atoms with Gasteiger partial charge in [-0.2, -0.15) is 0 Å². The summed E-state index contributed by atoms with van der Waals surface area (Å²) in [5.41, 5.74) is 3.83. The fourth-order valence-electron chi connectivity index (χ4n) is 5.18. The minimum atomic E-state index is -0.343. The van der Waals surface area contributed by atoms with Crippen LogP contribution >= 0.6 is 15.9 Å². The lowest BCUT2D eigenvalue weighted by molar-refractivity contribution is 0.0735. The van der Waals surface area contributed by atoms with Crippen LogP contribution in [0.2, 0.25) is 0 Å². The molecule has 1 aliphatic heterocycles. The zero-order valence-electron chi connectivity index (χ0n) is 17.9. The van der Waals surface area contributed by atoms with Gasteiger partial charge < -0.3 is 10.1 Å². The number of rotatable bonds is 3. The molecular weight excluding hydrogens is 474 g/mol. The Kier molecular flexibility index (Phi) is 5.03. The molecule has 1 heterocycles. The molecule has 4 aromatic rings. The number of carbonyl (C=O) groups excluding carboxylic acids is 1. The Hall–Kier alpha value is -3.37. The van der Waals surface area contributed by atoms with Crippen molar-refractivity contribution in [1.29, 1.82) is 0 Å². The Balaban J connectivity index is 1.36. The largest absolute Gasteiger partial charge is 0.423 e. The predicted octanol–water partition coefficient (Wildman–Crippen LogP) is 7.65. The third kappa shape index (κ3) is 3.65. The van der Waals surface area contributed by atoms with E-state index in [1.807, 2.05) is 54.6 Å². The van der Waals surface area contributed by atoms with E-state index in [0.29, 0.717) is 17.2 Å². The third-order valence-electron chi connectivity index (χ3n) is 6.78. The Bertz CT molecular complexity index is 1390. The molecule has 0 aromatic heterocycles. The van der Waals surface area contributed by atoms with Crippen molar-refractivity contribution in [3.8, 4) is 5.75 Å². The summed E-state index contributed by atoms with van der Waals surface area (Å²) in [6, 6.07) is 28.3. The summed E-state index contributed by atoms with van der Waals surface area (Å²) in [4.78, 5) is 13.3. The summed E-state index contributed by atoms with van der Waals surface area (Å²) in [6.45, 7) is 0. The average Bonchev–Trinajstić information content (AvgIpc) is 3.34. The van der Waals surface area contributed by atoms with Crippen LogP contribution in [0, 0.1) is 5.92 Å². The second kappa shape index (κ2) is 8.20. The highest BCUT2D eigenvalue weighted by atomic mass is 79.9. The van der Waals surface area contributed by atoms with Crippen LogP contribution in [-0.2, 0) is 0 Å². The normalized spacial score (nSPS) is 20.7. The van der Waals surface area contributed by atoms with E-state index in [1.165, 1.54) is 5.56 Å². The van der Waals surface area contributed by atoms with Gasteiger partial charge in [-0.05, 0) is 64.6 Å². The number of carbonyl (C=O) groups is 1. The second-order valence-electron chi connectivity index (χ2n) is 8.70. The molecule has 3 nitrogen and oxygen atoms in total. The molecule has 0 saturated heterocycles. The summed E-state index contributed by atoms with van der Waals surface area (Å²) >= 11 is 3.53. The van der Waals surface area contributed by atoms with Crippen molar-refractivity contribution >= 4 is 38.4 Å². The summed E-state index contributed by atoms with van der Waals surface area (Å²) in [5, 5.41) is 5.88. The number of nitrogens with one attached hydrogen (secondary N) is 1. The predicted molar refractivity (Wildman–Crippen MR) is 136 cm³/mol. The number of benzene rings is 4. The molecule has 0 bridgehead atoms. The minimum Gasteiger partial charge on any atom is -0.423 e. The van der Waals surface area contributed by atoms with Crippen LogP contribution in [-0.4, -0.2) is 5.97 Å². The quantitative estimate of drug-likeness (QED) is 0.180. The van der Waals surface area contributed by atoms with E-state index < -0.39 is 0 Å². The lowest BCUT2D eigenvalue weighted by atomic mass is 9.76. The molecular formula is C29H22BrNO2. The molecule has 1 N–H and O–H groups in total. The number of ether oxygens (including phenoxy) is 1. The Morgan fingerprint density at radius 2 is 1.73 bits per heavy atom. The topological polar surface area (TPSA) is 38.3 Å². The van der Waals surface area contributed by atoms with Crippen LogP contribution in [0.1, 0.15) is 39.9 Å². The van der Waals surface area contributed by atoms with Crippen molar-refractivity contribution < 1.29 is 9.53 Å². The molecule has 0 radical (unpaired) electrons. The number of allylic oxidation sites excluding steroid dienone is 2. The van der Waals surface area contributed by atoms with Crippen molar-refractivity contribution in [2.24, 2.45) is 5.92 Å². The van der Waals surface area contributed by atoms with Crippen molar-refractivity contribution in [1.82, 2.24) is 0 Å². The molecule has 2 aliphatic rings. The molecule has 0 fully saturated rings. The summed E-state index contributed by atoms with van der Waals surface area (Å²) in [7, 11) is 0. The highest BCUT2D eigenvalue weighted by Crippen LogP contribution is 2.50. The maximum absolute atomic E-state index is 13.3. The van der Waals surface area contributed by atoms with Gasteiger partial charge in [-0.1, -0.05) is 82.7 Å². The van der Waals surface area contributed by atoms with E-state index in [4.69, 9.17) is 4.74 Å². The molecule has 0 saturated carbocycles. The standard InChI is InChI=1S/C29H22BrNO2/c30-21-14-11-19(12-15-21)27-24-8-3-7-23(24)25-9-4-10-26(28(25)31-27)29(32)33-22-16-13-18-5-1-2-6-20(18)17-22/h1-7,9-17,23-24,27,31H,8H2/t23-,24-,27-/m1/s1. The first-order chi connectivity index (χ1) is 16.2. The highest BCUT2D eigenvalue weighted by Gasteiger charge is 2.39. The number of para-hydroxylation sites is 1. The Morgan fingerprint density at radius 3 is 2.58 bits per heavy atom. The maximum Gasteiger partial charge on any atom is 0.345 e. The molecule has 3 atom stereocenters. The van der Waals surface area contributed by atoms with Gasteiger partial charge in [0.05, 0.1) is 17.3 Å². The van der Waals surface area contributed by atoms with Gasteiger partial charge in [-0.25, -0.2) is 4.79 Å². The Morgan fingerprint density at radius 1 is 0.909 bits per heavy atom. The Labute approximate surface area is 201 Å². The fraction of sp³-hybridized carbons (Fsp3) is 0.138. The maximum atomic E-state index is 13.3. The highest BCUT2D eigenvalue weighted by molar-refractivity contribution is 9.10. The van der Waals surface area contributed by atoms with Gasteiger partial charge in [0.25, 0.3) is 0 Å². The van der Waals surface area contributed by atoms with Crippen LogP contribution in [0.4, 0.5) is 5.69 Å². The molecule has 0 unspecified atom stereocenters. The van der Waals surface area contributed by atoms with Gasteiger partial charge in [-0.15, -0.1) is 0 Å². The smallest absolute Gasteiger partial charge is 0.345 e. The van der Waals surface area contributed by atoms with Crippen molar-refractivity contribution in [3.63, 3.8) is 0 Å². The number of anilines is 1. The van der Waals surface area contributed by atoms with Crippen molar-refractivity contribution in [3.05, 3.63) is 118 Å². The number of hydrogen-bond donors (Lipinski definition) is 1. The molecule has 33 heavy (non-hydrogen) atoms. The monoisotopic (exact) mass is 495 g/mol. The van der Waals surface area contributed by atoms with Crippen LogP contribution in [0.5, 0.6) is 5.75 Å². The zero-order valence-corrected chi connectivity index (χ0v) is 19.5. The zero-order chi connectivity index (χ0) is 22.4. The van der Waals surface area contributed by atoms with Gasteiger partial charge in [0.15, 0.2) is 0 Å². The van der Waals surface area contributed by atoms with E-state index in [-0.39, 0.29) is 17.9 Å². The molecule has 1 aliphatic carbocycles. The summed E-state index contributed by atoms with van der Waals surface area (Å²) in [5.74, 6) is 0.911. The van der Waals surface area contributed by atoms with E-state index in [9.17, 15) is 4.79 Å². The average molecular weight is 496 g/mol. The lowest BCUT2D eigenvalue weighted by Crippen LogP contribution is -2.30. The molecule has 6 rings (SSSR count). The van der Waals surface area contributed by atoms with Crippen LogP contribution < -0.4 is 10.1 Å². The SMILES string of the molecule is O=C(Oc1ccc2ccccc2c1)c1cccc2c1N[C@H](c1ccc(Br)cc1)[C@@H]1CC=C[C@@H]21. The summed E-state index contributed by atoms with van der Waals surface area (Å²) in [6.07, 6.45) is 5.57. The van der Waals surface area contributed by atoms with E-state index >= 15 is 0 Å². The van der Waals surface area contributed by atoms with Gasteiger partial charge >= 0.3 is 5.97 Å². The fourth-order valence-corrected chi connectivity index (χ4v) is 5.45. The second-order valence-corrected chi connectivity index (χ2v) is 9.61. The number of fused-ring (bicyclic) bond motifs is 4. The van der Waals surface area contributed by atoms with Gasteiger partial charge in [-0.3, -0.25) is 0 Å². The number of halogens is 1. The van der Waals surface area contributed by atoms with Crippen molar-refractivity contribution in [2.75, 3.05) is 5.32 Å². The van der Waals surface area contributed by atoms with Crippen LogP contribution in [0.15, 0.2) is 102 Å². The number of esters is 1. The van der Waals surface area contributed by atoms with Gasteiger partial charge in [0, 0.05) is 10.4 Å².